The van der Waals surface area contributed by atoms with Gasteiger partial charge in [0.2, 0.25) is 0 Å². The van der Waals surface area contributed by atoms with Crippen molar-refractivity contribution in [1.82, 2.24) is 0 Å². The Kier molecular flexibility index (Phi) is 31.7. The molecule has 0 unspecified atom stereocenters. The Balaban J connectivity index is 2.99. The zero-order valence-electron chi connectivity index (χ0n) is 22.7. The number of rotatable bonds is 30. The fourth-order valence-corrected chi connectivity index (χ4v) is 3.97. The van der Waals surface area contributed by atoms with Crippen LogP contribution in [0.5, 0.6) is 0 Å². The van der Waals surface area contributed by atoms with Gasteiger partial charge in [0.15, 0.2) is 0 Å². The van der Waals surface area contributed by atoms with Crippen molar-refractivity contribution in [3.63, 3.8) is 0 Å². The SMILES string of the molecule is CCCCCCCCCCCCCCCCCCOCCOCCOCCOCCCCC. The molecule has 0 aliphatic heterocycles. The maximum absolute atomic E-state index is 5.66. The summed E-state index contributed by atoms with van der Waals surface area (Å²) in [6, 6.07) is 0. The molecule has 0 bridgehead atoms. The molecule has 0 amide bonds. The van der Waals surface area contributed by atoms with Gasteiger partial charge in [0, 0.05) is 13.2 Å². The molecule has 0 aromatic carbocycles. The van der Waals surface area contributed by atoms with Crippen LogP contribution in [0.4, 0.5) is 0 Å². The van der Waals surface area contributed by atoms with Crippen LogP contribution in [0.3, 0.4) is 0 Å². The molecule has 0 fully saturated rings. The number of hydrogen-bond acceptors (Lipinski definition) is 4. The van der Waals surface area contributed by atoms with Crippen LogP contribution in [0.2, 0.25) is 0 Å². The van der Waals surface area contributed by atoms with Gasteiger partial charge in [-0.05, 0) is 12.8 Å². The second-order valence-corrected chi connectivity index (χ2v) is 9.46. The fraction of sp³-hybridized carbons (Fsp3) is 1.00. The first-order valence-corrected chi connectivity index (χ1v) is 14.7. The molecule has 0 aliphatic carbocycles. The zero-order valence-corrected chi connectivity index (χ0v) is 22.7. The van der Waals surface area contributed by atoms with Gasteiger partial charge in [0.25, 0.3) is 0 Å². The summed E-state index contributed by atoms with van der Waals surface area (Å²) >= 11 is 0. The highest BCUT2D eigenvalue weighted by molar-refractivity contribution is 4.50. The van der Waals surface area contributed by atoms with Gasteiger partial charge in [-0.3, -0.25) is 0 Å². The van der Waals surface area contributed by atoms with E-state index in [-0.39, 0.29) is 0 Å². The van der Waals surface area contributed by atoms with Crippen LogP contribution in [0, 0.1) is 0 Å². The monoisotopic (exact) mass is 472 g/mol. The summed E-state index contributed by atoms with van der Waals surface area (Å²) < 4.78 is 22.2. The molecule has 0 spiro atoms. The minimum absolute atomic E-state index is 0.636. The molecule has 0 aromatic heterocycles. The quantitative estimate of drug-likeness (QED) is 0.0982. The van der Waals surface area contributed by atoms with Crippen LogP contribution in [-0.4, -0.2) is 52.9 Å². The van der Waals surface area contributed by atoms with Gasteiger partial charge >= 0.3 is 0 Å². The molecule has 0 atom stereocenters. The third-order valence-corrected chi connectivity index (χ3v) is 6.15. The van der Waals surface area contributed by atoms with Crippen LogP contribution < -0.4 is 0 Å². The van der Waals surface area contributed by atoms with Gasteiger partial charge < -0.3 is 18.9 Å². The molecule has 33 heavy (non-hydrogen) atoms. The Bertz CT molecular complexity index is 295. The van der Waals surface area contributed by atoms with Crippen molar-refractivity contribution in [2.75, 3.05) is 52.9 Å². The molecule has 0 N–H and O–H groups in total. The van der Waals surface area contributed by atoms with Crippen molar-refractivity contribution in [2.45, 2.75) is 136 Å². The van der Waals surface area contributed by atoms with Crippen LogP contribution in [0.1, 0.15) is 136 Å². The molecule has 0 aromatic rings. The Labute approximate surface area is 207 Å². The summed E-state index contributed by atoms with van der Waals surface area (Å²) in [5.41, 5.74) is 0. The lowest BCUT2D eigenvalue weighted by atomic mass is 10.0. The van der Waals surface area contributed by atoms with Crippen molar-refractivity contribution >= 4 is 0 Å². The van der Waals surface area contributed by atoms with Crippen molar-refractivity contribution in [3.05, 3.63) is 0 Å². The molecule has 4 heteroatoms. The maximum atomic E-state index is 5.66. The number of hydrogen-bond donors (Lipinski definition) is 0. The standard InChI is InChI=1S/C29H60O4/c1-3-5-7-8-9-10-11-12-13-14-15-16-17-18-19-21-23-31-25-27-33-29-28-32-26-24-30-22-20-6-4-2/h3-29H2,1-2H3. The molecular weight excluding hydrogens is 412 g/mol. The van der Waals surface area contributed by atoms with Crippen LogP contribution in [0.15, 0.2) is 0 Å². The number of unbranched alkanes of at least 4 members (excludes halogenated alkanes) is 17. The average Bonchev–Trinajstić information content (AvgIpc) is 2.83. The third-order valence-electron chi connectivity index (χ3n) is 6.15. The Morgan fingerprint density at radius 1 is 0.242 bits per heavy atom. The average molecular weight is 473 g/mol. The first-order chi connectivity index (χ1) is 16.4. The Hall–Kier alpha value is -0.160. The first-order valence-electron chi connectivity index (χ1n) is 14.7. The summed E-state index contributed by atoms with van der Waals surface area (Å²) in [6.45, 7) is 10.2. The second-order valence-electron chi connectivity index (χ2n) is 9.46. The van der Waals surface area contributed by atoms with Gasteiger partial charge in [-0.1, -0.05) is 123 Å². The zero-order chi connectivity index (χ0) is 23.9. The molecule has 0 rings (SSSR count). The van der Waals surface area contributed by atoms with E-state index in [0.29, 0.717) is 39.6 Å². The van der Waals surface area contributed by atoms with Gasteiger partial charge in [0.05, 0.1) is 39.6 Å². The molecule has 0 heterocycles. The van der Waals surface area contributed by atoms with E-state index in [1.165, 1.54) is 116 Å². The van der Waals surface area contributed by atoms with E-state index in [1.807, 2.05) is 0 Å². The molecule has 0 radical (unpaired) electrons. The number of ether oxygens (including phenoxy) is 4. The van der Waals surface area contributed by atoms with Gasteiger partial charge in [-0.2, -0.15) is 0 Å². The molecular formula is C29H60O4. The van der Waals surface area contributed by atoms with E-state index >= 15 is 0 Å². The third kappa shape index (κ3) is 31.8. The van der Waals surface area contributed by atoms with Crippen molar-refractivity contribution < 1.29 is 18.9 Å². The highest BCUT2D eigenvalue weighted by atomic mass is 16.6. The Morgan fingerprint density at radius 3 is 0.788 bits per heavy atom. The van der Waals surface area contributed by atoms with E-state index in [2.05, 4.69) is 13.8 Å². The largest absolute Gasteiger partial charge is 0.379 e. The molecule has 4 nitrogen and oxygen atoms in total. The molecule has 0 saturated heterocycles. The topological polar surface area (TPSA) is 36.9 Å². The molecule has 0 aliphatic rings. The smallest absolute Gasteiger partial charge is 0.0701 e. The van der Waals surface area contributed by atoms with Gasteiger partial charge in [-0.15, -0.1) is 0 Å². The van der Waals surface area contributed by atoms with Crippen LogP contribution >= 0.6 is 0 Å². The van der Waals surface area contributed by atoms with Crippen LogP contribution in [-0.2, 0) is 18.9 Å². The molecule has 0 saturated carbocycles. The van der Waals surface area contributed by atoms with Crippen molar-refractivity contribution in [1.29, 1.82) is 0 Å². The summed E-state index contributed by atoms with van der Waals surface area (Å²) in [5, 5.41) is 0. The van der Waals surface area contributed by atoms with E-state index in [1.54, 1.807) is 0 Å². The summed E-state index contributed by atoms with van der Waals surface area (Å²) in [5.74, 6) is 0. The van der Waals surface area contributed by atoms with E-state index < -0.39 is 0 Å². The predicted octanol–water partition coefficient (Wildman–Crippen LogP) is 8.50. The highest BCUT2D eigenvalue weighted by Crippen LogP contribution is 2.13. The first kappa shape index (κ1) is 32.8. The highest BCUT2D eigenvalue weighted by Gasteiger charge is 1.96. The summed E-state index contributed by atoms with van der Waals surface area (Å²) in [7, 11) is 0. The minimum Gasteiger partial charge on any atom is -0.379 e. The van der Waals surface area contributed by atoms with Crippen LogP contribution in [0.25, 0.3) is 0 Å². The Morgan fingerprint density at radius 2 is 0.455 bits per heavy atom. The van der Waals surface area contributed by atoms with E-state index in [4.69, 9.17) is 18.9 Å². The molecule has 200 valence electrons. The van der Waals surface area contributed by atoms with Gasteiger partial charge in [-0.25, -0.2) is 0 Å². The van der Waals surface area contributed by atoms with E-state index in [9.17, 15) is 0 Å². The van der Waals surface area contributed by atoms with Crippen molar-refractivity contribution in [2.24, 2.45) is 0 Å². The maximum Gasteiger partial charge on any atom is 0.0701 e. The van der Waals surface area contributed by atoms with E-state index in [0.717, 1.165) is 19.6 Å². The lowest BCUT2D eigenvalue weighted by Gasteiger charge is -2.07. The minimum atomic E-state index is 0.636. The van der Waals surface area contributed by atoms with Gasteiger partial charge in [0.1, 0.15) is 0 Å². The lowest BCUT2D eigenvalue weighted by molar-refractivity contribution is -0.00246. The summed E-state index contributed by atoms with van der Waals surface area (Å²) in [6.07, 6.45) is 26.1. The predicted molar refractivity (Wildman–Crippen MR) is 142 cm³/mol. The normalized spacial score (nSPS) is 11.5. The summed E-state index contributed by atoms with van der Waals surface area (Å²) in [4.78, 5) is 0. The fourth-order valence-electron chi connectivity index (χ4n) is 3.97. The van der Waals surface area contributed by atoms with Crippen molar-refractivity contribution in [3.8, 4) is 0 Å². The second kappa shape index (κ2) is 31.8. The lowest BCUT2D eigenvalue weighted by Crippen LogP contribution is -2.12.